The number of carbonyl (C=O) groups is 1. The number of aryl methyl sites for hydroxylation is 1. The van der Waals surface area contributed by atoms with Gasteiger partial charge < -0.3 is 10.6 Å². The molecule has 2 heterocycles. The van der Waals surface area contributed by atoms with Crippen LogP contribution in [0.2, 0.25) is 0 Å². The average molecular weight is 298 g/mol. The van der Waals surface area contributed by atoms with Crippen molar-refractivity contribution in [1.29, 1.82) is 0 Å². The zero-order valence-corrected chi connectivity index (χ0v) is 13.0. The molecule has 0 spiro atoms. The Hall–Kier alpha value is -0.520. The van der Waals surface area contributed by atoms with Crippen molar-refractivity contribution in [2.45, 2.75) is 38.0 Å². The standard InChI is InChI=1S/C14H22N2OS2/c1-2-11-5-8-18-13(11)9-16-14(17)10-19-12-3-6-15-7-4-12/h5,8,12,15H,2-4,6-7,9-10H2,1H3,(H,16,17). The fraction of sp³-hybridized carbons (Fsp3) is 0.643. The molecular weight excluding hydrogens is 276 g/mol. The fourth-order valence-electron chi connectivity index (χ4n) is 2.22. The Morgan fingerprint density at radius 3 is 3.05 bits per heavy atom. The maximum absolute atomic E-state index is 11.8. The predicted octanol–water partition coefficient (Wildman–Crippen LogP) is 2.41. The molecule has 5 heteroatoms. The molecule has 1 aliphatic heterocycles. The Bertz CT molecular complexity index is 400. The second kappa shape index (κ2) is 7.92. The van der Waals surface area contributed by atoms with Crippen molar-refractivity contribution in [1.82, 2.24) is 10.6 Å². The molecule has 106 valence electrons. The second-order valence-electron chi connectivity index (χ2n) is 4.76. The first-order valence-electron chi connectivity index (χ1n) is 6.94. The van der Waals surface area contributed by atoms with Crippen molar-refractivity contribution in [3.8, 4) is 0 Å². The van der Waals surface area contributed by atoms with Gasteiger partial charge in [-0.1, -0.05) is 6.92 Å². The van der Waals surface area contributed by atoms with Crippen molar-refractivity contribution in [3.05, 3.63) is 21.9 Å². The van der Waals surface area contributed by atoms with E-state index >= 15 is 0 Å². The lowest BCUT2D eigenvalue weighted by Crippen LogP contribution is -2.31. The third-order valence-corrected chi connectivity index (χ3v) is 5.74. The van der Waals surface area contributed by atoms with Crippen LogP contribution in [0.1, 0.15) is 30.2 Å². The van der Waals surface area contributed by atoms with Crippen LogP contribution in [0.3, 0.4) is 0 Å². The molecule has 2 rings (SSSR count). The van der Waals surface area contributed by atoms with Gasteiger partial charge in [0.05, 0.1) is 12.3 Å². The van der Waals surface area contributed by atoms with E-state index in [1.807, 2.05) is 0 Å². The molecule has 1 aromatic heterocycles. The number of hydrogen-bond acceptors (Lipinski definition) is 4. The van der Waals surface area contributed by atoms with Crippen LogP contribution in [0, 0.1) is 0 Å². The van der Waals surface area contributed by atoms with Crippen LogP contribution in [0.4, 0.5) is 0 Å². The first-order valence-corrected chi connectivity index (χ1v) is 8.86. The van der Waals surface area contributed by atoms with Crippen molar-refractivity contribution in [3.63, 3.8) is 0 Å². The quantitative estimate of drug-likeness (QED) is 0.847. The minimum atomic E-state index is 0.166. The zero-order valence-electron chi connectivity index (χ0n) is 11.4. The number of amides is 1. The number of thiophene rings is 1. The summed E-state index contributed by atoms with van der Waals surface area (Å²) in [6, 6.07) is 2.15. The van der Waals surface area contributed by atoms with Gasteiger partial charge in [0, 0.05) is 10.1 Å². The molecule has 1 aliphatic rings. The van der Waals surface area contributed by atoms with E-state index < -0.39 is 0 Å². The Morgan fingerprint density at radius 1 is 1.53 bits per heavy atom. The molecule has 0 saturated carbocycles. The second-order valence-corrected chi connectivity index (χ2v) is 7.05. The van der Waals surface area contributed by atoms with Crippen molar-refractivity contribution >= 4 is 29.0 Å². The van der Waals surface area contributed by atoms with Gasteiger partial charge in [0.1, 0.15) is 0 Å². The summed E-state index contributed by atoms with van der Waals surface area (Å²) < 4.78 is 0. The molecule has 1 amide bonds. The molecular formula is C14H22N2OS2. The maximum Gasteiger partial charge on any atom is 0.230 e. The highest BCUT2D eigenvalue weighted by atomic mass is 32.2. The summed E-state index contributed by atoms with van der Waals surface area (Å²) in [6.07, 6.45) is 3.41. The summed E-state index contributed by atoms with van der Waals surface area (Å²) in [7, 11) is 0. The van der Waals surface area contributed by atoms with Gasteiger partial charge in [-0.25, -0.2) is 0 Å². The Morgan fingerprint density at radius 2 is 2.32 bits per heavy atom. The number of hydrogen-bond donors (Lipinski definition) is 2. The molecule has 0 radical (unpaired) electrons. The minimum Gasteiger partial charge on any atom is -0.350 e. The van der Waals surface area contributed by atoms with Crippen LogP contribution >= 0.6 is 23.1 Å². The normalized spacial score (nSPS) is 16.5. The van der Waals surface area contributed by atoms with Gasteiger partial charge in [0.2, 0.25) is 5.91 Å². The van der Waals surface area contributed by atoms with Crippen LogP contribution in [-0.2, 0) is 17.8 Å². The lowest BCUT2D eigenvalue weighted by atomic mass is 10.2. The summed E-state index contributed by atoms with van der Waals surface area (Å²) in [5, 5.41) is 9.13. The van der Waals surface area contributed by atoms with Gasteiger partial charge in [-0.2, -0.15) is 0 Å². The largest absolute Gasteiger partial charge is 0.350 e. The van der Waals surface area contributed by atoms with E-state index in [4.69, 9.17) is 0 Å². The van der Waals surface area contributed by atoms with E-state index in [0.717, 1.165) is 19.5 Å². The Labute approximate surface area is 123 Å². The van der Waals surface area contributed by atoms with Crippen LogP contribution in [0.5, 0.6) is 0 Å². The smallest absolute Gasteiger partial charge is 0.230 e. The van der Waals surface area contributed by atoms with Gasteiger partial charge in [-0.3, -0.25) is 4.79 Å². The van der Waals surface area contributed by atoms with Gasteiger partial charge in [-0.15, -0.1) is 23.1 Å². The first-order chi connectivity index (χ1) is 9.29. The summed E-state index contributed by atoms with van der Waals surface area (Å²) in [5.41, 5.74) is 1.36. The first kappa shape index (κ1) is 14.9. The van der Waals surface area contributed by atoms with E-state index in [1.54, 1.807) is 23.1 Å². The van der Waals surface area contributed by atoms with Gasteiger partial charge in [0.25, 0.3) is 0 Å². The fourth-order valence-corrected chi connectivity index (χ4v) is 4.20. The average Bonchev–Trinajstić information content (AvgIpc) is 2.91. The lowest BCUT2D eigenvalue weighted by molar-refractivity contribution is -0.118. The monoisotopic (exact) mass is 298 g/mol. The summed E-state index contributed by atoms with van der Waals surface area (Å²) in [5.74, 6) is 0.760. The molecule has 1 fully saturated rings. The van der Waals surface area contributed by atoms with Crippen molar-refractivity contribution in [2.75, 3.05) is 18.8 Å². The van der Waals surface area contributed by atoms with E-state index in [2.05, 4.69) is 29.0 Å². The van der Waals surface area contributed by atoms with E-state index in [1.165, 1.54) is 23.3 Å². The molecule has 2 N–H and O–H groups in total. The highest BCUT2D eigenvalue weighted by molar-refractivity contribution is 8.00. The van der Waals surface area contributed by atoms with Crippen LogP contribution in [0.25, 0.3) is 0 Å². The van der Waals surface area contributed by atoms with Gasteiger partial charge >= 0.3 is 0 Å². The predicted molar refractivity (Wildman–Crippen MR) is 83.9 cm³/mol. The third-order valence-electron chi connectivity index (χ3n) is 3.40. The maximum atomic E-state index is 11.8. The SMILES string of the molecule is CCc1ccsc1CNC(=O)CSC1CCNCC1. The molecule has 0 aromatic carbocycles. The summed E-state index contributed by atoms with van der Waals surface area (Å²) in [4.78, 5) is 13.1. The van der Waals surface area contributed by atoms with Crippen LogP contribution < -0.4 is 10.6 Å². The van der Waals surface area contributed by atoms with Crippen LogP contribution in [-0.4, -0.2) is 30.0 Å². The lowest BCUT2D eigenvalue weighted by Gasteiger charge is -2.21. The topological polar surface area (TPSA) is 41.1 Å². The molecule has 0 bridgehead atoms. The van der Waals surface area contributed by atoms with E-state index in [9.17, 15) is 4.79 Å². The van der Waals surface area contributed by atoms with E-state index in [-0.39, 0.29) is 5.91 Å². The van der Waals surface area contributed by atoms with Crippen LogP contribution in [0.15, 0.2) is 11.4 Å². The number of thioether (sulfide) groups is 1. The summed E-state index contributed by atoms with van der Waals surface area (Å²) in [6.45, 7) is 5.02. The highest BCUT2D eigenvalue weighted by Gasteiger charge is 2.15. The molecule has 0 unspecified atom stereocenters. The summed E-state index contributed by atoms with van der Waals surface area (Å²) >= 11 is 3.54. The number of piperidine rings is 1. The molecule has 1 saturated heterocycles. The Kier molecular flexibility index (Phi) is 6.20. The molecule has 3 nitrogen and oxygen atoms in total. The minimum absolute atomic E-state index is 0.166. The number of nitrogens with one attached hydrogen (secondary N) is 2. The highest BCUT2D eigenvalue weighted by Crippen LogP contribution is 2.20. The third kappa shape index (κ3) is 4.82. The van der Waals surface area contributed by atoms with Crippen molar-refractivity contribution < 1.29 is 4.79 Å². The van der Waals surface area contributed by atoms with E-state index in [0.29, 0.717) is 17.5 Å². The molecule has 19 heavy (non-hydrogen) atoms. The molecule has 1 aromatic rings. The number of rotatable bonds is 6. The number of carbonyl (C=O) groups excluding carboxylic acids is 1. The zero-order chi connectivity index (χ0) is 13.5. The van der Waals surface area contributed by atoms with Crippen molar-refractivity contribution in [2.24, 2.45) is 0 Å². The molecule has 0 atom stereocenters. The van der Waals surface area contributed by atoms with Gasteiger partial charge in [0.15, 0.2) is 0 Å². The molecule has 0 aliphatic carbocycles. The Balaban J connectivity index is 1.66. The van der Waals surface area contributed by atoms with Gasteiger partial charge in [-0.05, 0) is 49.4 Å².